The first-order valence-electron chi connectivity index (χ1n) is 10.3. The summed E-state index contributed by atoms with van der Waals surface area (Å²) < 4.78 is 28.4. The summed E-state index contributed by atoms with van der Waals surface area (Å²) in [7, 11) is -3.60. The second-order valence-corrected chi connectivity index (χ2v) is 9.10. The number of sulfonamides is 1. The number of anilines is 2. The molecule has 0 aliphatic carbocycles. The fourth-order valence-electron chi connectivity index (χ4n) is 3.24. The summed E-state index contributed by atoms with van der Waals surface area (Å²) in [5.41, 5.74) is 2.95. The van der Waals surface area contributed by atoms with E-state index in [2.05, 4.69) is 26.2 Å². The van der Waals surface area contributed by atoms with Crippen LogP contribution in [0.1, 0.15) is 25.2 Å². The van der Waals surface area contributed by atoms with Gasteiger partial charge in [-0.1, -0.05) is 26.0 Å². The number of benzene rings is 2. The molecule has 0 saturated heterocycles. The van der Waals surface area contributed by atoms with E-state index in [1.54, 1.807) is 30.7 Å². The van der Waals surface area contributed by atoms with Crippen LogP contribution in [0.25, 0.3) is 5.69 Å². The van der Waals surface area contributed by atoms with Crippen molar-refractivity contribution in [2.45, 2.75) is 32.6 Å². The fraction of sp³-hybridized carbons (Fsp3) is 0.333. The van der Waals surface area contributed by atoms with Crippen LogP contribution in [0.4, 0.5) is 11.4 Å². The molecule has 0 aliphatic rings. The van der Waals surface area contributed by atoms with E-state index in [1.165, 1.54) is 16.4 Å². The zero-order chi connectivity index (χ0) is 23.3. The van der Waals surface area contributed by atoms with Crippen LogP contribution in [0.2, 0.25) is 0 Å². The Morgan fingerprint density at radius 3 is 2.47 bits per heavy atom. The molecule has 10 nitrogen and oxygen atoms in total. The molecule has 2 aromatic carbocycles. The summed E-state index contributed by atoms with van der Waals surface area (Å²) >= 11 is 0. The third kappa shape index (κ3) is 5.11. The van der Waals surface area contributed by atoms with Crippen LogP contribution >= 0.6 is 0 Å². The van der Waals surface area contributed by atoms with Gasteiger partial charge in [0.15, 0.2) is 5.82 Å². The smallest absolute Gasteiger partial charge is 0.243 e. The first-order chi connectivity index (χ1) is 15.3. The van der Waals surface area contributed by atoms with Crippen molar-refractivity contribution in [3.8, 4) is 5.69 Å². The maximum Gasteiger partial charge on any atom is 0.243 e. The molecule has 0 radical (unpaired) electrons. The Balaban J connectivity index is 1.68. The second-order valence-electron chi connectivity index (χ2n) is 7.16. The Kier molecular flexibility index (Phi) is 7.21. The topological polar surface area (TPSA) is 122 Å². The van der Waals surface area contributed by atoms with Gasteiger partial charge in [-0.25, -0.2) is 8.42 Å². The Bertz CT molecular complexity index is 1200. The highest BCUT2D eigenvalue weighted by molar-refractivity contribution is 7.89. The molecular formula is C21H27N7O3S. The molecule has 2 N–H and O–H groups in total. The monoisotopic (exact) mass is 457 g/mol. The summed E-state index contributed by atoms with van der Waals surface area (Å²) in [4.78, 5) is 12.6. The Labute approximate surface area is 187 Å². The summed E-state index contributed by atoms with van der Waals surface area (Å²) in [6, 6.07) is 11.9. The van der Waals surface area contributed by atoms with Crippen LogP contribution in [0.15, 0.2) is 47.4 Å². The average Bonchev–Trinajstić information content (AvgIpc) is 3.19. The number of nitrogens with one attached hydrogen (secondary N) is 2. The van der Waals surface area contributed by atoms with Gasteiger partial charge in [0.2, 0.25) is 15.9 Å². The van der Waals surface area contributed by atoms with E-state index >= 15 is 0 Å². The quantitative estimate of drug-likeness (QED) is 0.506. The molecule has 0 saturated carbocycles. The molecule has 1 heterocycles. The van der Waals surface area contributed by atoms with Crippen LogP contribution in [-0.4, -0.2) is 58.5 Å². The van der Waals surface area contributed by atoms with Gasteiger partial charge < -0.3 is 10.6 Å². The standard InChI is InChI=1S/C21H27N7O3S/c1-5-27(6-2)32(30,31)19-9-7-8-18(12-19)23-21(29)14-22-17-11-10-15(3)20(13-17)28-16(4)24-25-26-28/h7-13,22H,5-6,14H2,1-4H3,(H,23,29). The summed E-state index contributed by atoms with van der Waals surface area (Å²) in [5.74, 6) is 0.352. The van der Waals surface area contributed by atoms with Crippen molar-refractivity contribution in [1.29, 1.82) is 0 Å². The van der Waals surface area contributed by atoms with E-state index in [4.69, 9.17) is 0 Å². The number of rotatable bonds is 9. The highest BCUT2D eigenvalue weighted by Gasteiger charge is 2.21. The molecule has 0 bridgehead atoms. The summed E-state index contributed by atoms with van der Waals surface area (Å²) in [5, 5.41) is 17.4. The molecule has 3 rings (SSSR count). The lowest BCUT2D eigenvalue weighted by atomic mass is 10.2. The summed E-state index contributed by atoms with van der Waals surface area (Å²) in [6.07, 6.45) is 0. The minimum absolute atomic E-state index is 0.00408. The number of aromatic nitrogens is 4. The minimum atomic E-state index is -3.60. The number of hydrogen-bond acceptors (Lipinski definition) is 7. The van der Waals surface area contributed by atoms with Gasteiger partial charge in [0, 0.05) is 24.5 Å². The summed E-state index contributed by atoms with van der Waals surface area (Å²) in [6.45, 7) is 8.09. The zero-order valence-electron chi connectivity index (χ0n) is 18.5. The van der Waals surface area contributed by atoms with Gasteiger partial charge in [0.1, 0.15) is 0 Å². The van der Waals surface area contributed by atoms with E-state index in [0.717, 1.165) is 16.9 Å². The minimum Gasteiger partial charge on any atom is -0.376 e. The SMILES string of the molecule is CCN(CC)S(=O)(=O)c1cccc(NC(=O)CNc2ccc(C)c(-n3nnnc3C)c2)c1. The Morgan fingerprint density at radius 2 is 1.81 bits per heavy atom. The molecule has 0 spiro atoms. The molecule has 1 aromatic heterocycles. The van der Waals surface area contributed by atoms with Gasteiger partial charge in [0.05, 0.1) is 17.1 Å². The Hall–Kier alpha value is -3.31. The predicted molar refractivity (Wildman–Crippen MR) is 122 cm³/mol. The van der Waals surface area contributed by atoms with Gasteiger partial charge in [-0.05, 0) is 60.2 Å². The number of tetrazole rings is 1. The first kappa shape index (κ1) is 23.4. The van der Waals surface area contributed by atoms with Crippen molar-refractivity contribution in [1.82, 2.24) is 24.5 Å². The number of aryl methyl sites for hydroxylation is 2. The van der Waals surface area contributed by atoms with Gasteiger partial charge in [0.25, 0.3) is 0 Å². The van der Waals surface area contributed by atoms with Gasteiger partial charge in [-0.3, -0.25) is 4.79 Å². The number of nitrogens with zero attached hydrogens (tertiary/aromatic N) is 5. The van der Waals surface area contributed by atoms with E-state index in [0.29, 0.717) is 24.6 Å². The lowest BCUT2D eigenvalue weighted by Gasteiger charge is -2.19. The highest BCUT2D eigenvalue weighted by Crippen LogP contribution is 2.21. The maximum atomic E-state index is 12.7. The maximum absolute atomic E-state index is 12.7. The van der Waals surface area contributed by atoms with Crippen LogP contribution in [-0.2, 0) is 14.8 Å². The van der Waals surface area contributed by atoms with Crippen LogP contribution in [0, 0.1) is 13.8 Å². The van der Waals surface area contributed by atoms with E-state index < -0.39 is 10.0 Å². The molecule has 170 valence electrons. The average molecular weight is 458 g/mol. The zero-order valence-corrected chi connectivity index (χ0v) is 19.3. The van der Waals surface area contributed by atoms with Crippen molar-refractivity contribution in [2.75, 3.05) is 30.3 Å². The van der Waals surface area contributed by atoms with Gasteiger partial charge in [-0.2, -0.15) is 8.99 Å². The molecule has 32 heavy (non-hydrogen) atoms. The highest BCUT2D eigenvalue weighted by atomic mass is 32.2. The van der Waals surface area contributed by atoms with E-state index in [1.807, 2.05) is 32.0 Å². The number of carbonyl (C=O) groups is 1. The molecule has 0 fully saturated rings. The third-order valence-corrected chi connectivity index (χ3v) is 7.02. The predicted octanol–water partition coefficient (Wildman–Crippen LogP) is 2.36. The molecular weight excluding hydrogens is 430 g/mol. The van der Waals surface area contributed by atoms with Crippen molar-refractivity contribution in [3.63, 3.8) is 0 Å². The largest absolute Gasteiger partial charge is 0.376 e. The first-order valence-corrected chi connectivity index (χ1v) is 11.7. The fourth-order valence-corrected chi connectivity index (χ4v) is 4.74. The van der Waals surface area contributed by atoms with Crippen LogP contribution in [0.3, 0.4) is 0 Å². The van der Waals surface area contributed by atoms with Crippen LogP contribution in [0.5, 0.6) is 0 Å². The normalized spacial score (nSPS) is 11.5. The molecule has 0 aliphatic heterocycles. The van der Waals surface area contributed by atoms with Crippen LogP contribution < -0.4 is 10.6 Å². The molecule has 1 amide bonds. The van der Waals surface area contributed by atoms with E-state index in [-0.39, 0.29) is 17.3 Å². The van der Waals surface area contributed by atoms with E-state index in [9.17, 15) is 13.2 Å². The Morgan fingerprint density at radius 1 is 1.06 bits per heavy atom. The van der Waals surface area contributed by atoms with Crippen molar-refractivity contribution in [2.24, 2.45) is 0 Å². The molecule has 11 heteroatoms. The van der Waals surface area contributed by atoms with Gasteiger partial charge in [-0.15, -0.1) is 5.10 Å². The molecule has 0 atom stereocenters. The molecule has 0 unspecified atom stereocenters. The molecule has 3 aromatic rings. The van der Waals surface area contributed by atoms with Gasteiger partial charge >= 0.3 is 0 Å². The van der Waals surface area contributed by atoms with Crippen molar-refractivity contribution >= 4 is 27.3 Å². The number of hydrogen-bond donors (Lipinski definition) is 2. The second kappa shape index (κ2) is 9.88. The number of carbonyl (C=O) groups excluding carboxylic acids is 1. The lowest BCUT2D eigenvalue weighted by molar-refractivity contribution is -0.114. The third-order valence-electron chi connectivity index (χ3n) is 4.98. The number of amides is 1. The lowest BCUT2D eigenvalue weighted by Crippen LogP contribution is -2.30. The van der Waals surface area contributed by atoms with Crippen molar-refractivity contribution in [3.05, 3.63) is 53.9 Å². The van der Waals surface area contributed by atoms with Crippen molar-refractivity contribution < 1.29 is 13.2 Å².